The fraction of sp³-hybridized carbons (Fsp3) is 0.452. The summed E-state index contributed by atoms with van der Waals surface area (Å²) in [6, 6.07) is 12.2. The van der Waals surface area contributed by atoms with Gasteiger partial charge in [0.25, 0.3) is 5.91 Å². The number of hydrogen-bond acceptors (Lipinski definition) is 5. The number of aromatic amines is 1. The third-order valence-corrected chi connectivity index (χ3v) is 8.13. The van der Waals surface area contributed by atoms with Crippen LogP contribution in [0.2, 0.25) is 0 Å². The third-order valence-electron chi connectivity index (χ3n) is 7.75. The SMILES string of the molecule is CCCOc1cc2c(c3ccccc13)[C@H](CCl)CN2C(=O)c1cc2c([nH]1)CC(C)(OC)C(OCCN(C)C)=C2. The first-order valence-electron chi connectivity index (χ1n) is 13.6. The summed E-state index contributed by atoms with van der Waals surface area (Å²) in [6.45, 7) is 6.60. The minimum absolute atomic E-state index is 0.0358. The van der Waals surface area contributed by atoms with Gasteiger partial charge in [0.15, 0.2) is 0 Å². The number of aromatic nitrogens is 1. The second kappa shape index (κ2) is 11.2. The molecule has 8 heteroatoms. The van der Waals surface area contributed by atoms with E-state index in [4.69, 9.17) is 25.8 Å². The molecule has 0 bridgehead atoms. The molecule has 2 aromatic carbocycles. The van der Waals surface area contributed by atoms with E-state index in [1.165, 1.54) is 0 Å². The summed E-state index contributed by atoms with van der Waals surface area (Å²) in [7, 11) is 5.73. The van der Waals surface area contributed by atoms with Crippen LogP contribution in [-0.4, -0.2) is 74.8 Å². The molecule has 1 N–H and O–H groups in total. The molecule has 0 saturated heterocycles. The van der Waals surface area contributed by atoms with Crippen molar-refractivity contribution in [3.05, 3.63) is 64.7 Å². The van der Waals surface area contributed by atoms with E-state index in [1.54, 1.807) is 7.11 Å². The monoisotopic (exact) mass is 551 g/mol. The van der Waals surface area contributed by atoms with Crippen LogP contribution in [0.25, 0.3) is 16.8 Å². The van der Waals surface area contributed by atoms with E-state index in [-0.39, 0.29) is 11.8 Å². The molecular formula is C31H38ClN3O4. The van der Waals surface area contributed by atoms with Gasteiger partial charge in [0, 0.05) is 55.6 Å². The Hall–Kier alpha value is -3.00. The predicted octanol–water partition coefficient (Wildman–Crippen LogP) is 5.82. The fourth-order valence-electron chi connectivity index (χ4n) is 5.54. The number of ether oxygens (including phenoxy) is 3. The summed E-state index contributed by atoms with van der Waals surface area (Å²) in [5, 5.41) is 2.14. The Morgan fingerprint density at radius 2 is 1.95 bits per heavy atom. The molecule has 0 spiro atoms. The van der Waals surface area contributed by atoms with Crippen molar-refractivity contribution in [1.82, 2.24) is 9.88 Å². The summed E-state index contributed by atoms with van der Waals surface area (Å²) in [6.07, 6.45) is 3.48. The zero-order valence-electron chi connectivity index (χ0n) is 23.5. The van der Waals surface area contributed by atoms with Crippen LogP contribution in [0.3, 0.4) is 0 Å². The summed E-state index contributed by atoms with van der Waals surface area (Å²) >= 11 is 6.47. The Bertz CT molecular complexity index is 1400. The topological polar surface area (TPSA) is 67.0 Å². The molecule has 1 aliphatic carbocycles. The van der Waals surface area contributed by atoms with Crippen LogP contribution in [0.4, 0.5) is 5.69 Å². The minimum Gasteiger partial charge on any atom is -0.493 e. The van der Waals surface area contributed by atoms with Crippen molar-refractivity contribution in [2.45, 2.75) is 38.2 Å². The molecule has 39 heavy (non-hydrogen) atoms. The molecular weight excluding hydrogens is 514 g/mol. The van der Waals surface area contributed by atoms with Gasteiger partial charge in [-0.05, 0) is 56.1 Å². The average Bonchev–Trinajstić information content (AvgIpc) is 3.52. The van der Waals surface area contributed by atoms with E-state index in [9.17, 15) is 4.79 Å². The Morgan fingerprint density at radius 3 is 2.64 bits per heavy atom. The number of rotatable bonds is 10. The lowest BCUT2D eigenvalue weighted by molar-refractivity contribution is -0.0156. The quantitative estimate of drug-likeness (QED) is 0.322. The molecule has 1 aromatic heterocycles. The Kier molecular flexibility index (Phi) is 7.94. The molecule has 1 unspecified atom stereocenters. The summed E-state index contributed by atoms with van der Waals surface area (Å²) < 4.78 is 18.2. The normalized spacial score (nSPS) is 20.2. The highest BCUT2D eigenvalue weighted by atomic mass is 35.5. The van der Waals surface area contributed by atoms with E-state index in [0.29, 0.717) is 37.8 Å². The van der Waals surface area contributed by atoms with Gasteiger partial charge in [0.1, 0.15) is 29.4 Å². The largest absolute Gasteiger partial charge is 0.493 e. The molecule has 1 amide bonds. The van der Waals surface area contributed by atoms with Crippen LogP contribution in [-0.2, 0) is 15.9 Å². The first-order valence-corrected chi connectivity index (χ1v) is 14.2. The molecule has 1 aliphatic heterocycles. The number of halogens is 1. The van der Waals surface area contributed by atoms with E-state index < -0.39 is 5.60 Å². The maximum atomic E-state index is 14.0. The van der Waals surface area contributed by atoms with Crippen molar-refractivity contribution >= 4 is 40.0 Å². The average molecular weight is 552 g/mol. The van der Waals surface area contributed by atoms with Crippen molar-refractivity contribution in [3.8, 4) is 5.75 Å². The van der Waals surface area contributed by atoms with E-state index in [0.717, 1.165) is 57.8 Å². The lowest BCUT2D eigenvalue weighted by atomic mass is 9.89. The Balaban J connectivity index is 1.50. The molecule has 0 fully saturated rings. The fourth-order valence-corrected chi connectivity index (χ4v) is 5.79. The lowest BCUT2D eigenvalue weighted by Gasteiger charge is -2.33. The van der Waals surface area contributed by atoms with Gasteiger partial charge in [-0.2, -0.15) is 0 Å². The van der Waals surface area contributed by atoms with Crippen LogP contribution in [0.15, 0.2) is 42.2 Å². The molecule has 2 aliphatic rings. The number of amides is 1. The number of hydrogen-bond donors (Lipinski definition) is 1. The van der Waals surface area contributed by atoms with Gasteiger partial charge < -0.3 is 29.0 Å². The highest BCUT2D eigenvalue weighted by molar-refractivity contribution is 6.19. The molecule has 0 saturated carbocycles. The Labute approximate surface area is 235 Å². The molecule has 2 heterocycles. The third kappa shape index (κ3) is 5.15. The van der Waals surface area contributed by atoms with Gasteiger partial charge in [-0.25, -0.2) is 0 Å². The van der Waals surface area contributed by atoms with Crippen LogP contribution in [0.5, 0.6) is 5.75 Å². The second-order valence-electron chi connectivity index (χ2n) is 10.9. The molecule has 7 nitrogen and oxygen atoms in total. The summed E-state index contributed by atoms with van der Waals surface area (Å²) in [4.78, 5) is 21.4. The van der Waals surface area contributed by atoms with Gasteiger partial charge in [-0.3, -0.25) is 4.79 Å². The van der Waals surface area contributed by atoms with Gasteiger partial charge in [0.05, 0.1) is 12.3 Å². The lowest BCUT2D eigenvalue weighted by Crippen LogP contribution is -2.37. The van der Waals surface area contributed by atoms with Crippen molar-refractivity contribution < 1.29 is 19.0 Å². The number of nitrogens with zero attached hydrogens (tertiary/aromatic N) is 2. The first kappa shape index (κ1) is 27.6. The van der Waals surface area contributed by atoms with E-state index in [2.05, 4.69) is 28.9 Å². The second-order valence-corrected chi connectivity index (χ2v) is 11.2. The van der Waals surface area contributed by atoms with Crippen LogP contribution < -0.4 is 9.64 Å². The minimum atomic E-state index is -0.612. The zero-order valence-corrected chi connectivity index (χ0v) is 24.2. The van der Waals surface area contributed by atoms with Gasteiger partial charge in [0.2, 0.25) is 0 Å². The number of carbonyl (C=O) groups is 1. The van der Waals surface area contributed by atoms with Crippen molar-refractivity contribution in [1.29, 1.82) is 0 Å². The van der Waals surface area contributed by atoms with Crippen molar-refractivity contribution in [2.75, 3.05) is 58.3 Å². The molecule has 2 atom stereocenters. The smallest absolute Gasteiger partial charge is 0.274 e. The number of methoxy groups -OCH3 is 1. The summed E-state index contributed by atoms with van der Waals surface area (Å²) in [5.74, 6) is 1.95. The summed E-state index contributed by atoms with van der Waals surface area (Å²) in [5.41, 5.74) is 3.81. The standard InChI is InChI=1S/C31H38ClN3O4/c1-6-12-38-27-16-26-29(23-10-8-7-9-22(23)27)21(18-32)19-35(26)30(36)24-14-20-15-28(39-13-11-34(3)4)31(2,37-5)17-25(20)33-24/h7-10,14-16,21,33H,6,11-13,17-19H2,1-5H3/t21-,31?/m1/s1. The van der Waals surface area contributed by atoms with Crippen molar-refractivity contribution in [3.63, 3.8) is 0 Å². The first-order chi connectivity index (χ1) is 18.8. The highest BCUT2D eigenvalue weighted by Crippen LogP contribution is 2.46. The van der Waals surface area contributed by atoms with Crippen LogP contribution >= 0.6 is 11.6 Å². The maximum absolute atomic E-state index is 14.0. The number of carbonyl (C=O) groups excluding carboxylic acids is 1. The van der Waals surface area contributed by atoms with Gasteiger partial charge in [-0.1, -0.05) is 31.2 Å². The molecule has 3 aromatic rings. The maximum Gasteiger partial charge on any atom is 0.274 e. The number of H-pyrrole nitrogens is 1. The van der Waals surface area contributed by atoms with Gasteiger partial charge >= 0.3 is 0 Å². The van der Waals surface area contributed by atoms with E-state index >= 15 is 0 Å². The van der Waals surface area contributed by atoms with Crippen LogP contribution in [0.1, 0.15) is 53.5 Å². The molecule has 208 valence electrons. The van der Waals surface area contributed by atoms with Crippen molar-refractivity contribution in [2.24, 2.45) is 0 Å². The number of nitrogens with one attached hydrogen (secondary N) is 1. The molecule has 5 rings (SSSR count). The number of likely N-dealkylation sites (N-methyl/N-ethyl adjacent to an activating group) is 1. The van der Waals surface area contributed by atoms with Crippen LogP contribution in [0, 0.1) is 0 Å². The van der Waals surface area contributed by atoms with E-state index in [1.807, 2.05) is 56.3 Å². The number of alkyl halides is 1. The Morgan fingerprint density at radius 1 is 1.18 bits per heavy atom. The number of anilines is 1. The predicted molar refractivity (Wildman–Crippen MR) is 157 cm³/mol. The number of benzene rings is 2. The highest BCUT2D eigenvalue weighted by Gasteiger charge is 2.39. The molecule has 0 radical (unpaired) electrons. The van der Waals surface area contributed by atoms with Gasteiger partial charge in [-0.15, -0.1) is 11.6 Å². The zero-order chi connectivity index (χ0) is 27.7. The number of fused-ring (bicyclic) bond motifs is 4.